The number of para-hydroxylation sites is 2. The summed E-state index contributed by atoms with van der Waals surface area (Å²) in [5.74, 6) is 0.971. The molecule has 3 rings (SSSR count). The summed E-state index contributed by atoms with van der Waals surface area (Å²) >= 11 is 0. The van der Waals surface area contributed by atoms with Crippen LogP contribution in [0.2, 0.25) is 0 Å². The fourth-order valence-electron chi connectivity index (χ4n) is 2.55. The molecule has 0 fully saturated rings. The standard InChI is InChI=1S/C17H19N3/c1-13-11-20(12-14-7-3-2-4-8-14)16-10-6-5-9-15(16)19-17(13)18/h2-10,13H,11-12H2,1H3,(H2,18,19). The molecule has 0 saturated heterocycles. The van der Waals surface area contributed by atoms with E-state index in [0.717, 1.165) is 24.5 Å². The molecule has 1 heterocycles. The number of amidine groups is 1. The maximum absolute atomic E-state index is 6.07. The van der Waals surface area contributed by atoms with E-state index in [9.17, 15) is 0 Å². The molecule has 2 aromatic rings. The zero-order valence-electron chi connectivity index (χ0n) is 11.7. The molecular formula is C17H19N3. The predicted octanol–water partition coefficient (Wildman–Crippen LogP) is 3.33. The summed E-state index contributed by atoms with van der Waals surface area (Å²) in [6.07, 6.45) is 0. The highest BCUT2D eigenvalue weighted by Crippen LogP contribution is 2.32. The van der Waals surface area contributed by atoms with Crippen LogP contribution in [0, 0.1) is 5.92 Å². The summed E-state index contributed by atoms with van der Waals surface area (Å²) in [7, 11) is 0. The molecule has 0 aromatic heterocycles. The van der Waals surface area contributed by atoms with Crippen LogP contribution in [-0.4, -0.2) is 12.4 Å². The van der Waals surface area contributed by atoms with Gasteiger partial charge in [-0.15, -0.1) is 0 Å². The lowest BCUT2D eigenvalue weighted by Crippen LogP contribution is -2.32. The molecule has 1 aliphatic rings. The largest absolute Gasteiger partial charge is 0.387 e. The van der Waals surface area contributed by atoms with Gasteiger partial charge in [-0.05, 0) is 17.7 Å². The molecule has 1 aliphatic heterocycles. The van der Waals surface area contributed by atoms with E-state index in [1.807, 2.05) is 18.2 Å². The van der Waals surface area contributed by atoms with Crippen molar-refractivity contribution in [3.63, 3.8) is 0 Å². The minimum absolute atomic E-state index is 0.256. The minimum atomic E-state index is 0.256. The highest BCUT2D eigenvalue weighted by Gasteiger charge is 2.20. The average Bonchev–Trinajstić information content (AvgIpc) is 2.58. The Labute approximate surface area is 119 Å². The highest BCUT2D eigenvalue weighted by atomic mass is 15.2. The Bertz CT molecular complexity index is 619. The third kappa shape index (κ3) is 2.52. The molecule has 1 atom stereocenters. The van der Waals surface area contributed by atoms with Crippen molar-refractivity contribution in [3.05, 3.63) is 60.2 Å². The van der Waals surface area contributed by atoms with Crippen LogP contribution in [-0.2, 0) is 6.54 Å². The van der Waals surface area contributed by atoms with E-state index in [4.69, 9.17) is 5.73 Å². The van der Waals surface area contributed by atoms with E-state index in [-0.39, 0.29) is 5.92 Å². The Morgan fingerprint density at radius 1 is 1.10 bits per heavy atom. The first-order chi connectivity index (χ1) is 9.74. The lowest BCUT2D eigenvalue weighted by Gasteiger charge is -2.26. The third-order valence-electron chi connectivity index (χ3n) is 3.69. The lowest BCUT2D eigenvalue weighted by molar-refractivity contribution is 0.692. The molecule has 3 heteroatoms. The van der Waals surface area contributed by atoms with E-state index in [2.05, 4.69) is 53.2 Å². The molecule has 0 saturated carbocycles. The third-order valence-corrected chi connectivity index (χ3v) is 3.69. The van der Waals surface area contributed by atoms with Gasteiger partial charge in [-0.25, -0.2) is 4.99 Å². The highest BCUT2D eigenvalue weighted by molar-refractivity contribution is 5.89. The monoisotopic (exact) mass is 265 g/mol. The zero-order valence-corrected chi connectivity index (χ0v) is 11.7. The molecule has 0 spiro atoms. The molecule has 2 N–H and O–H groups in total. The Kier molecular flexibility index (Phi) is 3.42. The smallest absolute Gasteiger partial charge is 0.104 e. The summed E-state index contributed by atoms with van der Waals surface area (Å²) in [6.45, 7) is 3.90. The van der Waals surface area contributed by atoms with Crippen LogP contribution >= 0.6 is 0 Å². The van der Waals surface area contributed by atoms with E-state index in [0.29, 0.717) is 5.84 Å². The molecule has 0 radical (unpaired) electrons. The maximum atomic E-state index is 6.07. The summed E-state index contributed by atoms with van der Waals surface area (Å²) < 4.78 is 0. The summed E-state index contributed by atoms with van der Waals surface area (Å²) in [5.41, 5.74) is 9.49. The molecule has 20 heavy (non-hydrogen) atoms. The fraction of sp³-hybridized carbons (Fsp3) is 0.235. The summed E-state index contributed by atoms with van der Waals surface area (Å²) in [4.78, 5) is 6.93. The quantitative estimate of drug-likeness (QED) is 0.905. The van der Waals surface area contributed by atoms with Crippen molar-refractivity contribution >= 4 is 17.2 Å². The number of nitrogens with two attached hydrogens (primary N) is 1. The van der Waals surface area contributed by atoms with Gasteiger partial charge in [0, 0.05) is 19.0 Å². The van der Waals surface area contributed by atoms with Gasteiger partial charge in [0.1, 0.15) is 5.84 Å². The Hall–Kier alpha value is -2.29. The van der Waals surface area contributed by atoms with Gasteiger partial charge in [0.15, 0.2) is 0 Å². The number of fused-ring (bicyclic) bond motifs is 1. The van der Waals surface area contributed by atoms with Gasteiger partial charge >= 0.3 is 0 Å². The van der Waals surface area contributed by atoms with Gasteiger partial charge in [0.25, 0.3) is 0 Å². The molecule has 0 bridgehead atoms. The molecule has 1 unspecified atom stereocenters. The van der Waals surface area contributed by atoms with Gasteiger partial charge < -0.3 is 10.6 Å². The first-order valence-electron chi connectivity index (χ1n) is 6.96. The van der Waals surface area contributed by atoms with Crippen molar-refractivity contribution in [2.24, 2.45) is 16.6 Å². The lowest BCUT2D eigenvalue weighted by atomic mass is 10.1. The van der Waals surface area contributed by atoms with Crippen molar-refractivity contribution in [3.8, 4) is 0 Å². The van der Waals surface area contributed by atoms with Crippen LogP contribution in [0.25, 0.3) is 0 Å². The van der Waals surface area contributed by atoms with Gasteiger partial charge in [0.2, 0.25) is 0 Å². The van der Waals surface area contributed by atoms with Crippen LogP contribution in [0.4, 0.5) is 11.4 Å². The molecular weight excluding hydrogens is 246 g/mol. The Balaban J connectivity index is 1.96. The molecule has 102 valence electrons. The van der Waals surface area contributed by atoms with E-state index in [1.54, 1.807) is 0 Å². The summed E-state index contributed by atoms with van der Waals surface area (Å²) in [6, 6.07) is 18.7. The van der Waals surface area contributed by atoms with Crippen LogP contribution in [0.1, 0.15) is 12.5 Å². The van der Waals surface area contributed by atoms with Crippen LogP contribution in [0.3, 0.4) is 0 Å². The number of aliphatic imine (C=N–C) groups is 1. The predicted molar refractivity (Wildman–Crippen MR) is 84.4 cm³/mol. The Morgan fingerprint density at radius 3 is 2.60 bits per heavy atom. The molecule has 2 aromatic carbocycles. The van der Waals surface area contributed by atoms with Crippen molar-refractivity contribution in [2.45, 2.75) is 13.5 Å². The molecule has 0 aliphatic carbocycles. The van der Waals surface area contributed by atoms with E-state index < -0.39 is 0 Å². The van der Waals surface area contributed by atoms with Crippen molar-refractivity contribution in [1.82, 2.24) is 0 Å². The normalized spacial score (nSPS) is 18.1. The van der Waals surface area contributed by atoms with Gasteiger partial charge in [0.05, 0.1) is 11.4 Å². The number of hydrogen-bond acceptors (Lipinski definition) is 3. The van der Waals surface area contributed by atoms with E-state index in [1.165, 1.54) is 5.56 Å². The first-order valence-corrected chi connectivity index (χ1v) is 6.96. The van der Waals surface area contributed by atoms with Gasteiger partial charge in [-0.3, -0.25) is 0 Å². The minimum Gasteiger partial charge on any atom is -0.387 e. The van der Waals surface area contributed by atoms with Gasteiger partial charge in [-0.1, -0.05) is 49.4 Å². The number of anilines is 1. The summed E-state index contributed by atoms with van der Waals surface area (Å²) in [5, 5.41) is 0. The number of rotatable bonds is 2. The van der Waals surface area contributed by atoms with Gasteiger partial charge in [-0.2, -0.15) is 0 Å². The van der Waals surface area contributed by atoms with Crippen molar-refractivity contribution < 1.29 is 0 Å². The van der Waals surface area contributed by atoms with Crippen molar-refractivity contribution in [2.75, 3.05) is 11.4 Å². The number of hydrogen-bond donors (Lipinski definition) is 1. The SMILES string of the molecule is CC1CN(Cc2ccccc2)c2ccccc2N=C1N. The average molecular weight is 265 g/mol. The zero-order chi connectivity index (χ0) is 13.9. The second kappa shape index (κ2) is 5.37. The van der Waals surface area contributed by atoms with Crippen LogP contribution in [0.5, 0.6) is 0 Å². The van der Waals surface area contributed by atoms with Crippen LogP contribution < -0.4 is 10.6 Å². The number of benzene rings is 2. The molecule has 0 amide bonds. The van der Waals surface area contributed by atoms with E-state index >= 15 is 0 Å². The second-order valence-corrected chi connectivity index (χ2v) is 5.29. The fourth-order valence-corrected chi connectivity index (χ4v) is 2.55. The second-order valence-electron chi connectivity index (χ2n) is 5.29. The van der Waals surface area contributed by atoms with Crippen LogP contribution in [0.15, 0.2) is 59.6 Å². The first kappa shape index (κ1) is 12.7. The maximum Gasteiger partial charge on any atom is 0.104 e. The Morgan fingerprint density at radius 2 is 1.80 bits per heavy atom. The number of nitrogens with zero attached hydrogens (tertiary/aromatic N) is 2. The van der Waals surface area contributed by atoms with Crippen molar-refractivity contribution in [1.29, 1.82) is 0 Å². The molecule has 3 nitrogen and oxygen atoms in total. The topological polar surface area (TPSA) is 41.6 Å².